The zero-order valence-corrected chi connectivity index (χ0v) is 7.27. The summed E-state index contributed by atoms with van der Waals surface area (Å²) in [6.07, 6.45) is 3.28. The molecule has 1 aromatic heterocycles. The number of hydrogen-bond acceptors (Lipinski definition) is 3. The van der Waals surface area contributed by atoms with Crippen molar-refractivity contribution in [1.29, 1.82) is 0 Å². The van der Waals surface area contributed by atoms with Gasteiger partial charge in [0.1, 0.15) is 6.54 Å². The van der Waals surface area contributed by atoms with Crippen LogP contribution in [0.15, 0.2) is 29.7 Å². The van der Waals surface area contributed by atoms with Gasteiger partial charge in [0, 0.05) is 12.4 Å². The number of nitrogens with zero attached hydrogens (tertiary/aromatic N) is 2. The lowest BCUT2D eigenvalue weighted by molar-refractivity contribution is 1.04. The molecule has 11 heavy (non-hydrogen) atoms. The summed E-state index contributed by atoms with van der Waals surface area (Å²) >= 11 is 0. The van der Waals surface area contributed by atoms with Crippen LogP contribution in [0, 0.1) is 4.91 Å². The van der Waals surface area contributed by atoms with Crippen LogP contribution in [0.5, 0.6) is 0 Å². The molecule has 0 atom stereocenters. The minimum Gasteiger partial charge on any atom is -0.265 e. The standard InChI is InChI=1S/C6H6N2O.2ClH/c9-8-5-6-1-3-7-4-2-6;;/h1-4H,5H2;2*1H. The molecule has 0 amide bonds. The van der Waals surface area contributed by atoms with Crippen LogP contribution in [0.1, 0.15) is 5.56 Å². The summed E-state index contributed by atoms with van der Waals surface area (Å²) in [4.78, 5) is 13.5. The number of rotatable bonds is 2. The lowest BCUT2D eigenvalue weighted by Gasteiger charge is -1.87. The quantitative estimate of drug-likeness (QED) is 0.678. The van der Waals surface area contributed by atoms with E-state index in [1.807, 2.05) is 0 Å². The van der Waals surface area contributed by atoms with Gasteiger partial charge in [-0.3, -0.25) is 4.98 Å². The number of aromatic nitrogens is 1. The van der Waals surface area contributed by atoms with Crippen molar-refractivity contribution in [2.45, 2.75) is 6.54 Å². The van der Waals surface area contributed by atoms with Crippen LogP contribution in [-0.4, -0.2) is 4.98 Å². The zero-order chi connectivity index (χ0) is 6.53. The summed E-state index contributed by atoms with van der Waals surface area (Å²) in [6, 6.07) is 3.53. The maximum atomic E-state index is 9.70. The zero-order valence-electron chi connectivity index (χ0n) is 5.64. The van der Waals surface area contributed by atoms with Gasteiger partial charge >= 0.3 is 0 Å². The van der Waals surface area contributed by atoms with E-state index < -0.39 is 0 Å². The fourth-order valence-corrected chi connectivity index (χ4v) is 0.563. The molecule has 0 saturated heterocycles. The van der Waals surface area contributed by atoms with E-state index in [-0.39, 0.29) is 31.4 Å². The predicted molar refractivity (Wildman–Crippen MR) is 48.2 cm³/mol. The van der Waals surface area contributed by atoms with Crippen LogP contribution >= 0.6 is 24.8 Å². The first-order chi connectivity index (χ1) is 4.43. The second kappa shape index (κ2) is 7.44. The molecule has 1 rings (SSSR count). The Morgan fingerprint density at radius 2 is 1.82 bits per heavy atom. The average Bonchev–Trinajstić information content (AvgIpc) is 1.91. The van der Waals surface area contributed by atoms with Crippen LogP contribution in [0.2, 0.25) is 0 Å². The van der Waals surface area contributed by atoms with Gasteiger partial charge in [-0.1, -0.05) is 5.18 Å². The van der Waals surface area contributed by atoms with Gasteiger partial charge in [-0.05, 0) is 17.7 Å². The molecule has 1 heterocycles. The fourth-order valence-electron chi connectivity index (χ4n) is 0.563. The molecule has 0 fully saturated rings. The molecular weight excluding hydrogens is 187 g/mol. The van der Waals surface area contributed by atoms with Gasteiger partial charge in [0.25, 0.3) is 0 Å². The van der Waals surface area contributed by atoms with E-state index in [0.717, 1.165) is 5.56 Å². The Kier molecular flexibility index (Phi) is 8.76. The van der Waals surface area contributed by atoms with E-state index in [0.29, 0.717) is 0 Å². The summed E-state index contributed by atoms with van der Waals surface area (Å²) in [5, 5.41) is 2.73. The summed E-state index contributed by atoms with van der Waals surface area (Å²) in [5.41, 5.74) is 0.903. The monoisotopic (exact) mass is 194 g/mol. The molecule has 0 aliphatic carbocycles. The van der Waals surface area contributed by atoms with Crippen molar-refractivity contribution in [1.82, 2.24) is 4.98 Å². The Morgan fingerprint density at radius 3 is 2.27 bits per heavy atom. The first kappa shape index (κ1) is 13.0. The van der Waals surface area contributed by atoms with Gasteiger partial charge in [0.05, 0.1) is 0 Å². The van der Waals surface area contributed by atoms with Gasteiger partial charge in [-0.15, -0.1) is 24.8 Å². The molecule has 1 aromatic rings. The molecule has 0 bridgehead atoms. The Balaban J connectivity index is 0. The summed E-state index contributed by atoms with van der Waals surface area (Å²) in [6.45, 7) is 0.239. The fraction of sp³-hybridized carbons (Fsp3) is 0.167. The van der Waals surface area contributed by atoms with Crippen molar-refractivity contribution < 1.29 is 0 Å². The Morgan fingerprint density at radius 1 is 1.27 bits per heavy atom. The largest absolute Gasteiger partial charge is 0.265 e. The van der Waals surface area contributed by atoms with Crippen molar-refractivity contribution in [2.24, 2.45) is 5.18 Å². The summed E-state index contributed by atoms with van der Waals surface area (Å²) in [5.74, 6) is 0. The van der Waals surface area contributed by atoms with Crippen molar-refractivity contribution in [2.75, 3.05) is 0 Å². The Labute approximate surface area is 77.0 Å². The Bertz CT molecular complexity index is 193. The number of pyridine rings is 1. The summed E-state index contributed by atoms with van der Waals surface area (Å²) < 4.78 is 0. The molecule has 0 N–H and O–H groups in total. The SMILES string of the molecule is Cl.Cl.O=NCc1ccncc1. The molecule has 62 valence electrons. The van der Waals surface area contributed by atoms with Crippen LogP contribution in [0.25, 0.3) is 0 Å². The van der Waals surface area contributed by atoms with Gasteiger partial charge in [-0.2, -0.15) is 4.91 Å². The van der Waals surface area contributed by atoms with Gasteiger partial charge in [-0.25, -0.2) is 0 Å². The number of nitroso groups, excluding NO2 is 1. The van der Waals surface area contributed by atoms with Gasteiger partial charge in [0.15, 0.2) is 0 Å². The number of hydrogen-bond donors (Lipinski definition) is 0. The molecule has 0 spiro atoms. The third-order valence-corrected chi connectivity index (χ3v) is 0.996. The third-order valence-electron chi connectivity index (χ3n) is 0.996. The van der Waals surface area contributed by atoms with Crippen molar-refractivity contribution in [3.05, 3.63) is 35.0 Å². The molecule has 0 aromatic carbocycles. The van der Waals surface area contributed by atoms with Crippen molar-refractivity contribution in [3.63, 3.8) is 0 Å². The minimum atomic E-state index is 0. The van der Waals surface area contributed by atoms with E-state index in [1.54, 1.807) is 24.5 Å². The second-order valence-electron chi connectivity index (χ2n) is 1.64. The molecule has 0 radical (unpaired) electrons. The highest BCUT2D eigenvalue weighted by Crippen LogP contribution is 1.96. The average molecular weight is 195 g/mol. The highest BCUT2D eigenvalue weighted by Gasteiger charge is 1.86. The van der Waals surface area contributed by atoms with Gasteiger partial charge in [0.2, 0.25) is 0 Å². The van der Waals surface area contributed by atoms with E-state index in [2.05, 4.69) is 10.2 Å². The highest BCUT2D eigenvalue weighted by molar-refractivity contribution is 5.85. The highest BCUT2D eigenvalue weighted by atomic mass is 35.5. The number of halogens is 2. The normalized spacial score (nSPS) is 7.27. The molecule has 5 heteroatoms. The van der Waals surface area contributed by atoms with Crippen LogP contribution < -0.4 is 0 Å². The minimum absolute atomic E-state index is 0. The van der Waals surface area contributed by atoms with E-state index >= 15 is 0 Å². The maximum absolute atomic E-state index is 9.70. The topological polar surface area (TPSA) is 42.3 Å². The van der Waals surface area contributed by atoms with Crippen LogP contribution in [0.4, 0.5) is 0 Å². The lowest BCUT2D eigenvalue weighted by Crippen LogP contribution is -1.78. The van der Waals surface area contributed by atoms with Gasteiger partial charge < -0.3 is 0 Å². The Hall–Kier alpha value is -0.670. The van der Waals surface area contributed by atoms with Crippen molar-refractivity contribution in [3.8, 4) is 0 Å². The molecule has 0 unspecified atom stereocenters. The summed E-state index contributed by atoms with van der Waals surface area (Å²) in [7, 11) is 0. The third kappa shape index (κ3) is 4.70. The molecule has 0 aliphatic rings. The molecule has 3 nitrogen and oxygen atoms in total. The lowest BCUT2D eigenvalue weighted by atomic mass is 10.3. The second-order valence-corrected chi connectivity index (χ2v) is 1.64. The van der Waals surface area contributed by atoms with E-state index in [1.165, 1.54) is 0 Å². The predicted octanol–water partition coefficient (Wildman–Crippen LogP) is 2.19. The first-order valence-corrected chi connectivity index (χ1v) is 2.61. The first-order valence-electron chi connectivity index (χ1n) is 2.61. The van der Waals surface area contributed by atoms with E-state index in [4.69, 9.17) is 0 Å². The van der Waals surface area contributed by atoms with Crippen LogP contribution in [0.3, 0.4) is 0 Å². The molecular formula is C6H8Cl2N2O. The smallest absolute Gasteiger partial charge is 0.106 e. The van der Waals surface area contributed by atoms with Crippen molar-refractivity contribution >= 4 is 24.8 Å². The van der Waals surface area contributed by atoms with Crippen LogP contribution in [-0.2, 0) is 6.54 Å². The molecule has 0 saturated carbocycles. The van der Waals surface area contributed by atoms with E-state index in [9.17, 15) is 4.91 Å². The molecule has 0 aliphatic heterocycles. The maximum Gasteiger partial charge on any atom is 0.106 e.